The molecule has 112 valence electrons. The molecule has 0 aromatic carbocycles. The largest absolute Gasteiger partial charge is 0.354 e. The van der Waals surface area contributed by atoms with Crippen LogP contribution in [0.25, 0.3) is 0 Å². The quantitative estimate of drug-likeness (QED) is 0.856. The molecule has 2 heterocycles. The molecule has 0 aliphatic heterocycles. The Kier molecular flexibility index (Phi) is 4.41. The molecule has 0 unspecified atom stereocenters. The molecule has 2 N–H and O–H groups in total. The zero-order valence-corrected chi connectivity index (χ0v) is 13.4. The van der Waals surface area contributed by atoms with Crippen molar-refractivity contribution in [3.05, 3.63) is 28.3 Å². The van der Waals surface area contributed by atoms with Gasteiger partial charge in [0, 0.05) is 26.8 Å². The highest BCUT2D eigenvalue weighted by atomic mass is 79.9. The lowest BCUT2D eigenvalue weighted by Crippen LogP contribution is -2.22. The second kappa shape index (κ2) is 6.08. The van der Waals surface area contributed by atoms with Gasteiger partial charge in [-0.1, -0.05) is 0 Å². The van der Waals surface area contributed by atoms with Crippen LogP contribution < -0.4 is 10.6 Å². The lowest BCUT2D eigenvalue weighted by atomic mass is 10.3. The molecule has 0 bridgehead atoms. The summed E-state index contributed by atoms with van der Waals surface area (Å²) < 4.78 is 3.61. The van der Waals surface area contributed by atoms with Gasteiger partial charge in [-0.3, -0.25) is 19.0 Å². The summed E-state index contributed by atoms with van der Waals surface area (Å²) >= 11 is 3.27. The van der Waals surface area contributed by atoms with Gasteiger partial charge in [0.05, 0.1) is 16.4 Å². The predicted molar refractivity (Wildman–Crippen MR) is 80.2 cm³/mol. The first kappa shape index (κ1) is 15.2. The van der Waals surface area contributed by atoms with Gasteiger partial charge in [-0.2, -0.15) is 10.2 Å². The minimum atomic E-state index is -0.373. The maximum absolute atomic E-state index is 12.3. The Labute approximate surface area is 129 Å². The predicted octanol–water partition coefficient (Wildman–Crippen LogP) is 1.01. The Morgan fingerprint density at radius 3 is 2.62 bits per heavy atom. The number of aromatic nitrogens is 4. The van der Waals surface area contributed by atoms with Crippen LogP contribution in [0.3, 0.4) is 0 Å². The van der Waals surface area contributed by atoms with Crippen molar-refractivity contribution in [1.29, 1.82) is 0 Å². The summed E-state index contributed by atoms with van der Waals surface area (Å²) in [6.45, 7) is 2.49. The van der Waals surface area contributed by atoms with Crippen LogP contribution in [0.1, 0.15) is 27.9 Å². The molecule has 9 heteroatoms. The van der Waals surface area contributed by atoms with Gasteiger partial charge in [-0.25, -0.2) is 0 Å². The molecular weight excluding hydrogens is 340 g/mol. The van der Waals surface area contributed by atoms with Gasteiger partial charge in [-0.05, 0) is 22.9 Å². The molecule has 2 amide bonds. The molecule has 0 aliphatic rings. The van der Waals surface area contributed by atoms with Crippen LogP contribution in [-0.4, -0.2) is 38.4 Å². The fourth-order valence-electron chi connectivity index (χ4n) is 1.81. The van der Waals surface area contributed by atoms with Gasteiger partial charge >= 0.3 is 0 Å². The smallest absolute Gasteiger partial charge is 0.275 e. The summed E-state index contributed by atoms with van der Waals surface area (Å²) in [5.41, 5.74) is 0.891. The Hall–Kier alpha value is -2.16. The van der Waals surface area contributed by atoms with Crippen LogP contribution in [-0.2, 0) is 13.6 Å². The number of nitrogens with zero attached hydrogens (tertiary/aromatic N) is 4. The summed E-state index contributed by atoms with van der Waals surface area (Å²) in [5, 5.41) is 13.3. The number of halogens is 1. The van der Waals surface area contributed by atoms with Crippen molar-refractivity contribution in [3.8, 4) is 0 Å². The van der Waals surface area contributed by atoms with Gasteiger partial charge in [0.15, 0.2) is 5.69 Å². The highest BCUT2D eigenvalue weighted by Gasteiger charge is 2.21. The molecule has 2 rings (SSSR count). The minimum absolute atomic E-state index is 0.172. The number of amides is 2. The number of hydrogen-bond acceptors (Lipinski definition) is 4. The van der Waals surface area contributed by atoms with Gasteiger partial charge in [0.25, 0.3) is 11.8 Å². The third-order valence-electron chi connectivity index (χ3n) is 2.89. The average Bonchev–Trinajstić information content (AvgIpc) is 3.01. The highest BCUT2D eigenvalue weighted by Crippen LogP contribution is 2.19. The molecule has 8 nitrogen and oxygen atoms in total. The second-order valence-corrected chi connectivity index (χ2v) is 5.10. The van der Waals surface area contributed by atoms with Crippen LogP contribution in [0.4, 0.5) is 5.69 Å². The molecule has 0 aliphatic carbocycles. The van der Waals surface area contributed by atoms with E-state index >= 15 is 0 Å². The van der Waals surface area contributed by atoms with E-state index in [1.807, 2.05) is 6.92 Å². The van der Waals surface area contributed by atoms with Crippen molar-refractivity contribution < 1.29 is 9.59 Å². The second-order valence-electron chi connectivity index (χ2n) is 4.25. The van der Waals surface area contributed by atoms with E-state index in [2.05, 4.69) is 36.8 Å². The maximum Gasteiger partial charge on any atom is 0.275 e. The zero-order valence-electron chi connectivity index (χ0n) is 11.8. The Balaban J connectivity index is 2.33. The third kappa shape index (κ3) is 2.97. The van der Waals surface area contributed by atoms with E-state index in [1.54, 1.807) is 17.9 Å². The van der Waals surface area contributed by atoms with Crippen molar-refractivity contribution in [2.24, 2.45) is 7.05 Å². The van der Waals surface area contributed by atoms with E-state index in [0.717, 1.165) is 0 Å². The molecule has 21 heavy (non-hydrogen) atoms. The number of carbonyl (C=O) groups excluding carboxylic acids is 2. The number of rotatable bonds is 4. The molecule has 0 saturated carbocycles. The third-order valence-corrected chi connectivity index (χ3v) is 3.47. The summed E-state index contributed by atoms with van der Waals surface area (Å²) in [7, 11) is 3.17. The van der Waals surface area contributed by atoms with Crippen molar-refractivity contribution in [1.82, 2.24) is 24.9 Å². The normalized spacial score (nSPS) is 10.5. The van der Waals surface area contributed by atoms with Gasteiger partial charge in [0.1, 0.15) is 5.69 Å². The molecule has 2 aromatic heterocycles. The fourth-order valence-corrected chi connectivity index (χ4v) is 2.34. The van der Waals surface area contributed by atoms with Crippen LogP contribution in [0.2, 0.25) is 0 Å². The maximum atomic E-state index is 12.3. The van der Waals surface area contributed by atoms with Crippen molar-refractivity contribution in [2.45, 2.75) is 13.5 Å². The van der Waals surface area contributed by atoms with Crippen LogP contribution >= 0.6 is 15.9 Å². The van der Waals surface area contributed by atoms with E-state index in [0.29, 0.717) is 22.4 Å². The molecule has 0 atom stereocenters. The van der Waals surface area contributed by atoms with Crippen molar-refractivity contribution in [2.75, 3.05) is 12.4 Å². The SMILES string of the molecule is CCn1cc(NC(=O)c2c(Br)cnn2C)c(C(=O)NC)n1. The summed E-state index contributed by atoms with van der Waals surface area (Å²) in [4.78, 5) is 24.1. The zero-order chi connectivity index (χ0) is 15.6. The topological polar surface area (TPSA) is 93.8 Å². The van der Waals surface area contributed by atoms with Crippen LogP contribution in [0, 0.1) is 0 Å². The molecule has 2 aromatic rings. The molecule has 0 saturated heterocycles. The van der Waals surface area contributed by atoms with E-state index in [-0.39, 0.29) is 17.5 Å². The number of aryl methyl sites for hydroxylation is 2. The molecule has 0 radical (unpaired) electrons. The standard InChI is InChI=1S/C12H15BrN6O2/c1-4-19-6-8(9(17-19)11(20)14-2)16-12(21)10-7(13)5-15-18(10)3/h5-6H,4H2,1-3H3,(H,14,20)(H,16,21). The first-order valence-corrected chi connectivity index (χ1v) is 7.05. The summed E-state index contributed by atoms with van der Waals surface area (Å²) in [6, 6.07) is 0. The average molecular weight is 355 g/mol. The minimum Gasteiger partial charge on any atom is -0.354 e. The van der Waals surface area contributed by atoms with Gasteiger partial charge in [-0.15, -0.1) is 0 Å². The van der Waals surface area contributed by atoms with E-state index in [9.17, 15) is 9.59 Å². The van der Waals surface area contributed by atoms with Crippen LogP contribution in [0.5, 0.6) is 0 Å². The molecular formula is C12H15BrN6O2. The Morgan fingerprint density at radius 2 is 2.10 bits per heavy atom. The number of carbonyl (C=O) groups is 2. The first-order chi connectivity index (χ1) is 9.97. The van der Waals surface area contributed by atoms with Crippen LogP contribution in [0.15, 0.2) is 16.9 Å². The van der Waals surface area contributed by atoms with Gasteiger partial charge < -0.3 is 10.6 Å². The monoisotopic (exact) mass is 354 g/mol. The van der Waals surface area contributed by atoms with Gasteiger partial charge in [0.2, 0.25) is 0 Å². The van der Waals surface area contributed by atoms with E-state index in [1.165, 1.54) is 17.9 Å². The molecule has 0 spiro atoms. The lowest BCUT2D eigenvalue weighted by molar-refractivity contribution is 0.0958. The van der Waals surface area contributed by atoms with E-state index < -0.39 is 0 Å². The Morgan fingerprint density at radius 1 is 1.38 bits per heavy atom. The number of hydrogen-bond donors (Lipinski definition) is 2. The summed E-state index contributed by atoms with van der Waals surface area (Å²) in [6.07, 6.45) is 3.15. The molecule has 0 fully saturated rings. The number of nitrogens with one attached hydrogen (secondary N) is 2. The Bertz CT molecular complexity index is 670. The van der Waals surface area contributed by atoms with Crippen molar-refractivity contribution >= 4 is 33.4 Å². The highest BCUT2D eigenvalue weighted by molar-refractivity contribution is 9.10. The lowest BCUT2D eigenvalue weighted by Gasteiger charge is -2.05. The number of anilines is 1. The van der Waals surface area contributed by atoms with Crippen molar-refractivity contribution in [3.63, 3.8) is 0 Å². The summed E-state index contributed by atoms with van der Waals surface area (Å²) in [5.74, 6) is -0.732. The van der Waals surface area contributed by atoms with E-state index in [4.69, 9.17) is 0 Å². The fraction of sp³-hybridized carbons (Fsp3) is 0.333. The first-order valence-electron chi connectivity index (χ1n) is 6.26.